The summed E-state index contributed by atoms with van der Waals surface area (Å²) in [7, 11) is -4.99. The van der Waals surface area contributed by atoms with E-state index in [-0.39, 0.29) is 29.1 Å². The van der Waals surface area contributed by atoms with Gasteiger partial charge in [0.1, 0.15) is 10.1 Å². The predicted molar refractivity (Wildman–Crippen MR) is 230 cm³/mol. The Bertz CT molecular complexity index is 2600. The van der Waals surface area contributed by atoms with Crippen LogP contribution in [0.1, 0.15) is 11.1 Å². The number of aromatic nitrogens is 6. The van der Waals surface area contributed by atoms with Crippen molar-refractivity contribution in [3.8, 4) is 0 Å². The van der Waals surface area contributed by atoms with Gasteiger partial charge in [-0.3, -0.25) is 5.04 Å². The summed E-state index contributed by atoms with van der Waals surface area (Å²) in [6.07, 6.45) is 3.03. The Morgan fingerprint density at radius 1 is 0.581 bits per heavy atom. The third-order valence-corrected chi connectivity index (χ3v) is 10.8. The predicted octanol–water partition coefficient (Wildman–Crippen LogP) is 5.01. The van der Waals surface area contributed by atoms with Crippen LogP contribution in [0.2, 0.25) is 0 Å². The number of morpholine rings is 2. The third kappa shape index (κ3) is 11.2. The number of nitrogens with one attached hydrogen (secondary N) is 4. The van der Waals surface area contributed by atoms with Gasteiger partial charge in [0.15, 0.2) is 0 Å². The van der Waals surface area contributed by atoms with E-state index in [9.17, 15) is 18.2 Å². The summed E-state index contributed by atoms with van der Waals surface area (Å²) < 4.78 is 53.7. The number of anilines is 10. The molecule has 2 saturated heterocycles. The molecule has 6 aromatic rings. The minimum atomic E-state index is -4.99. The van der Waals surface area contributed by atoms with Crippen molar-refractivity contribution in [2.24, 2.45) is 0 Å². The number of rotatable bonds is 16. The quantitative estimate of drug-likeness (QED) is 0.0328. The van der Waals surface area contributed by atoms with Crippen LogP contribution in [0.4, 0.5) is 58.4 Å². The molecule has 0 spiro atoms. The summed E-state index contributed by atoms with van der Waals surface area (Å²) in [5, 5.41) is 27.2. The molecule has 2 aliphatic heterocycles. The van der Waals surface area contributed by atoms with E-state index in [0.717, 1.165) is 11.4 Å². The monoisotopic (exact) mass is 878 g/mol. The molecular formula is C40H38N12O8S2-2. The molecule has 2 aliphatic rings. The van der Waals surface area contributed by atoms with Crippen molar-refractivity contribution in [2.75, 3.05) is 83.7 Å². The average Bonchev–Trinajstić information content (AvgIpc) is 3.29. The van der Waals surface area contributed by atoms with Gasteiger partial charge in [0.05, 0.1) is 43.4 Å². The van der Waals surface area contributed by atoms with E-state index in [1.807, 2.05) is 70.5 Å². The Kier molecular flexibility index (Phi) is 13.6. The van der Waals surface area contributed by atoms with Crippen molar-refractivity contribution in [1.82, 2.24) is 29.9 Å². The molecule has 8 rings (SSSR count). The second kappa shape index (κ2) is 19.9. The molecule has 320 valence electrons. The van der Waals surface area contributed by atoms with Crippen LogP contribution in [0.25, 0.3) is 12.2 Å². The maximum Gasteiger partial charge on any atom is 0.233 e. The zero-order chi connectivity index (χ0) is 42.7. The lowest BCUT2D eigenvalue weighted by Crippen LogP contribution is -2.37. The van der Waals surface area contributed by atoms with Gasteiger partial charge in [-0.2, -0.15) is 34.2 Å². The summed E-state index contributed by atoms with van der Waals surface area (Å²) in [4.78, 5) is 31.4. The molecule has 0 aliphatic carbocycles. The Morgan fingerprint density at radius 2 is 1.02 bits per heavy atom. The SMILES string of the molecule is O=S(=O)([O-])c1cc(Nc2nc(Nc3ccccc3)nc(N3CCOCC3)n2)ccc1/C=C/c1ccc(Nc2nc(Nc3ccccc3)nc(N3CCOCC3)n2)cc1SOO[O-]. The van der Waals surface area contributed by atoms with E-state index in [0.29, 0.717) is 98.6 Å². The minimum absolute atomic E-state index is 0.0973. The number of hydrogen-bond acceptors (Lipinski definition) is 21. The zero-order valence-corrected chi connectivity index (χ0v) is 34.3. The molecule has 0 amide bonds. The Morgan fingerprint density at radius 3 is 1.48 bits per heavy atom. The number of nitrogens with zero attached hydrogens (tertiary/aromatic N) is 8. The maximum absolute atomic E-state index is 12.7. The van der Waals surface area contributed by atoms with E-state index in [4.69, 9.17) is 9.47 Å². The van der Waals surface area contributed by atoms with Crippen LogP contribution in [0.3, 0.4) is 0 Å². The first kappa shape index (κ1) is 42.2. The van der Waals surface area contributed by atoms with Crippen LogP contribution >= 0.6 is 12.0 Å². The summed E-state index contributed by atoms with van der Waals surface area (Å²) >= 11 is 0.626. The van der Waals surface area contributed by atoms with E-state index in [1.165, 1.54) is 18.2 Å². The lowest BCUT2D eigenvalue weighted by atomic mass is 10.1. The van der Waals surface area contributed by atoms with Gasteiger partial charge in [-0.25, -0.2) is 8.42 Å². The van der Waals surface area contributed by atoms with Crippen LogP contribution < -0.4 is 36.3 Å². The molecule has 2 aromatic heterocycles. The van der Waals surface area contributed by atoms with Crippen molar-refractivity contribution in [1.29, 1.82) is 0 Å². The standard InChI is InChI=1S/C40H40N12O8S2/c53-59-60-61-33-25-31(43-37-45-35(41-29-7-3-1-4-8-29)47-39(49-37)51-17-21-57-22-18-51)15-13-27(33)11-12-28-14-16-32(26-34(28)62(54,55)56)44-38-46-36(42-30-9-5-2-6-10-30)48-40(50-38)52-19-23-58-24-20-52/h1-16,25-26,53H,17-24H2,(H,54,55,56)(H2,41,43,45,47,49)(H2,42,44,46,48,50)/p-2/b12-11+. The maximum atomic E-state index is 12.7. The summed E-state index contributed by atoms with van der Waals surface area (Å²) in [6, 6.07) is 28.2. The second-order valence-electron chi connectivity index (χ2n) is 13.5. The van der Waals surface area contributed by atoms with Gasteiger partial charge in [-0.1, -0.05) is 60.7 Å². The van der Waals surface area contributed by atoms with Crippen LogP contribution in [0.5, 0.6) is 0 Å². The fourth-order valence-corrected chi connectivity index (χ4v) is 7.54. The Hall–Kier alpha value is -6.50. The number of ether oxygens (including phenoxy) is 2. The fraction of sp³-hybridized carbons (Fsp3) is 0.200. The zero-order valence-electron chi connectivity index (χ0n) is 32.7. The molecule has 0 atom stereocenters. The minimum Gasteiger partial charge on any atom is -0.744 e. The summed E-state index contributed by atoms with van der Waals surface area (Å²) in [5.74, 6) is 1.75. The Balaban J connectivity index is 1.05. The van der Waals surface area contributed by atoms with Crippen molar-refractivity contribution in [2.45, 2.75) is 9.79 Å². The van der Waals surface area contributed by atoms with E-state index >= 15 is 0 Å². The Labute approximate surface area is 360 Å². The second-order valence-corrected chi connectivity index (χ2v) is 15.6. The third-order valence-electron chi connectivity index (χ3n) is 9.30. The van der Waals surface area contributed by atoms with Crippen LogP contribution in [0, 0.1) is 0 Å². The molecule has 0 saturated carbocycles. The van der Waals surface area contributed by atoms with E-state index < -0.39 is 15.0 Å². The highest BCUT2D eigenvalue weighted by Crippen LogP contribution is 2.32. The number of para-hydroxylation sites is 2. The van der Waals surface area contributed by atoms with Crippen molar-refractivity contribution in [3.05, 3.63) is 108 Å². The van der Waals surface area contributed by atoms with Crippen LogP contribution in [0.15, 0.2) is 107 Å². The summed E-state index contributed by atoms with van der Waals surface area (Å²) in [6.45, 7) is 4.38. The highest BCUT2D eigenvalue weighted by atomic mass is 32.2. The first-order chi connectivity index (χ1) is 30.3. The molecule has 4 aromatic carbocycles. The molecule has 0 bridgehead atoms. The molecule has 2 fully saturated rings. The molecule has 0 radical (unpaired) electrons. The summed E-state index contributed by atoms with van der Waals surface area (Å²) in [5.41, 5.74) is 2.88. The highest BCUT2D eigenvalue weighted by Gasteiger charge is 2.20. The van der Waals surface area contributed by atoms with Crippen LogP contribution in [-0.2, 0) is 29.0 Å². The van der Waals surface area contributed by atoms with Crippen molar-refractivity contribution in [3.63, 3.8) is 0 Å². The van der Waals surface area contributed by atoms with Gasteiger partial charge in [-0.15, -0.1) is 0 Å². The first-order valence-corrected chi connectivity index (χ1v) is 21.3. The highest BCUT2D eigenvalue weighted by molar-refractivity contribution is 7.94. The fourth-order valence-electron chi connectivity index (χ4n) is 6.34. The van der Waals surface area contributed by atoms with E-state index in [1.54, 1.807) is 30.3 Å². The topological polar surface area (TPSA) is 249 Å². The number of hydrogen-bond donors (Lipinski definition) is 4. The lowest BCUT2D eigenvalue weighted by Gasteiger charge is -2.27. The molecule has 22 heteroatoms. The van der Waals surface area contributed by atoms with Crippen LogP contribution in [-0.4, -0.2) is 95.5 Å². The normalized spacial score (nSPS) is 14.5. The van der Waals surface area contributed by atoms with Crippen molar-refractivity contribution < 1.29 is 37.1 Å². The molecule has 0 unspecified atom stereocenters. The van der Waals surface area contributed by atoms with Crippen molar-refractivity contribution >= 4 is 92.8 Å². The largest absolute Gasteiger partial charge is 0.744 e. The molecule has 62 heavy (non-hydrogen) atoms. The van der Waals surface area contributed by atoms with Gasteiger partial charge >= 0.3 is 0 Å². The smallest absolute Gasteiger partial charge is 0.233 e. The molecular weight excluding hydrogens is 841 g/mol. The number of benzene rings is 4. The molecule has 4 heterocycles. The van der Waals surface area contributed by atoms with Gasteiger partial charge in [0.2, 0.25) is 35.7 Å². The van der Waals surface area contributed by atoms with Gasteiger partial charge < -0.3 is 50.4 Å². The average molecular weight is 879 g/mol. The van der Waals surface area contributed by atoms with Gasteiger partial charge in [0.25, 0.3) is 0 Å². The van der Waals surface area contributed by atoms with E-state index in [2.05, 4.69) is 60.5 Å². The molecule has 4 N–H and O–H groups in total. The lowest BCUT2D eigenvalue weighted by molar-refractivity contribution is -0.777. The van der Waals surface area contributed by atoms with Gasteiger partial charge in [0, 0.05) is 53.8 Å². The molecule has 20 nitrogen and oxygen atoms in total. The first-order valence-electron chi connectivity index (χ1n) is 19.2. The van der Waals surface area contributed by atoms with Gasteiger partial charge in [-0.05, 0) is 59.7 Å².